The van der Waals surface area contributed by atoms with Gasteiger partial charge in [0.05, 0.1) is 5.69 Å². The number of benzene rings is 1. The standard InChI is InChI=1S/C15H14ClN3O4S/c1-8-12(14(21)23-7-11(20)19-15(22)17-2)24-13(18-8)9-4-3-5-10(16)6-9/h3-6H,7H2,1-2H3,(H2,17,19,20,22). The number of thiazole rings is 1. The highest BCUT2D eigenvalue weighted by Gasteiger charge is 2.19. The molecule has 0 aliphatic heterocycles. The fraction of sp³-hybridized carbons (Fsp3) is 0.200. The number of rotatable bonds is 4. The van der Waals surface area contributed by atoms with Gasteiger partial charge in [0, 0.05) is 17.6 Å². The summed E-state index contributed by atoms with van der Waals surface area (Å²) in [4.78, 5) is 39.1. The van der Waals surface area contributed by atoms with Crippen LogP contribution in [0, 0.1) is 6.92 Å². The molecular weight excluding hydrogens is 354 g/mol. The van der Waals surface area contributed by atoms with Crippen molar-refractivity contribution in [3.8, 4) is 10.6 Å². The van der Waals surface area contributed by atoms with Gasteiger partial charge in [0.2, 0.25) is 0 Å². The highest BCUT2D eigenvalue weighted by Crippen LogP contribution is 2.29. The number of halogens is 1. The number of hydrogen-bond acceptors (Lipinski definition) is 6. The molecule has 1 aromatic carbocycles. The SMILES string of the molecule is CNC(=O)NC(=O)COC(=O)c1sc(-c2cccc(Cl)c2)nc1C. The third-order valence-electron chi connectivity index (χ3n) is 2.87. The highest BCUT2D eigenvalue weighted by atomic mass is 35.5. The first-order chi connectivity index (χ1) is 11.4. The quantitative estimate of drug-likeness (QED) is 0.808. The molecule has 2 rings (SSSR count). The molecule has 0 saturated heterocycles. The number of esters is 1. The van der Waals surface area contributed by atoms with Gasteiger partial charge in [-0.15, -0.1) is 11.3 Å². The Morgan fingerprint density at radius 2 is 2.08 bits per heavy atom. The van der Waals surface area contributed by atoms with Crippen molar-refractivity contribution in [3.05, 3.63) is 39.9 Å². The molecular formula is C15H14ClN3O4S. The zero-order valence-electron chi connectivity index (χ0n) is 12.9. The summed E-state index contributed by atoms with van der Waals surface area (Å²) in [6.07, 6.45) is 0. The summed E-state index contributed by atoms with van der Waals surface area (Å²) in [5.74, 6) is -1.40. The average Bonchev–Trinajstić information content (AvgIpc) is 2.94. The van der Waals surface area contributed by atoms with E-state index in [2.05, 4.69) is 10.3 Å². The molecule has 0 unspecified atom stereocenters. The van der Waals surface area contributed by atoms with Crippen molar-refractivity contribution in [2.75, 3.05) is 13.7 Å². The number of aromatic nitrogens is 1. The van der Waals surface area contributed by atoms with Crippen LogP contribution in [-0.2, 0) is 9.53 Å². The first kappa shape index (κ1) is 17.9. The van der Waals surface area contributed by atoms with E-state index in [0.29, 0.717) is 15.7 Å². The smallest absolute Gasteiger partial charge is 0.350 e. The Labute approximate surface area is 147 Å². The predicted molar refractivity (Wildman–Crippen MR) is 90.2 cm³/mol. The number of aryl methyl sites for hydroxylation is 1. The highest BCUT2D eigenvalue weighted by molar-refractivity contribution is 7.17. The van der Waals surface area contributed by atoms with E-state index in [9.17, 15) is 14.4 Å². The minimum Gasteiger partial charge on any atom is -0.451 e. The number of amides is 3. The number of urea groups is 1. The number of nitrogens with zero attached hydrogens (tertiary/aromatic N) is 1. The lowest BCUT2D eigenvalue weighted by molar-refractivity contribution is -0.123. The molecule has 3 amide bonds. The molecule has 0 spiro atoms. The molecule has 24 heavy (non-hydrogen) atoms. The minimum absolute atomic E-state index is 0.290. The van der Waals surface area contributed by atoms with Gasteiger partial charge in [-0.05, 0) is 19.1 Å². The van der Waals surface area contributed by atoms with Crippen LogP contribution in [0.5, 0.6) is 0 Å². The first-order valence-corrected chi connectivity index (χ1v) is 8.02. The molecule has 1 heterocycles. The maximum atomic E-state index is 12.1. The lowest BCUT2D eigenvalue weighted by atomic mass is 10.2. The Hall–Kier alpha value is -2.45. The van der Waals surface area contributed by atoms with Gasteiger partial charge in [-0.1, -0.05) is 23.7 Å². The molecule has 1 aromatic heterocycles. The Morgan fingerprint density at radius 1 is 1.33 bits per heavy atom. The fourth-order valence-electron chi connectivity index (χ4n) is 1.75. The van der Waals surface area contributed by atoms with Gasteiger partial charge in [-0.3, -0.25) is 10.1 Å². The lowest BCUT2D eigenvalue weighted by Gasteiger charge is -2.04. The molecule has 2 aromatic rings. The summed E-state index contributed by atoms with van der Waals surface area (Å²) in [5.41, 5.74) is 1.28. The normalized spacial score (nSPS) is 10.1. The van der Waals surface area contributed by atoms with Gasteiger partial charge < -0.3 is 10.1 Å². The monoisotopic (exact) mass is 367 g/mol. The van der Waals surface area contributed by atoms with E-state index in [4.69, 9.17) is 16.3 Å². The summed E-state index contributed by atoms with van der Waals surface area (Å²) in [5, 5.41) is 5.40. The van der Waals surface area contributed by atoms with E-state index in [1.165, 1.54) is 7.05 Å². The van der Waals surface area contributed by atoms with E-state index >= 15 is 0 Å². The van der Waals surface area contributed by atoms with Crippen LogP contribution in [-0.4, -0.2) is 36.5 Å². The Morgan fingerprint density at radius 3 is 2.75 bits per heavy atom. The van der Waals surface area contributed by atoms with Crippen LogP contribution in [0.4, 0.5) is 4.79 Å². The Bertz CT molecular complexity index is 791. The molecule has 0 saturated carbocycles. The van der Waals surface area contributed by atoms with Gasteiger partial charge in [0.25, 0.3) is 5.91 Å². The van der Waals surface area contributed by atoms with E-state index < -0.39 is 24.5 Å². The average molecular weight is 368 g/mol. The molecule has 126 valence electrons. The molecule has 0 atom stereocenters. The van der Waals surface area contributed by atoms with Gasteiger partial charge in [0.15, 0.2) is 6.61 Å². The predicted octanol–water partition coefficient (Wildman–Crippen LogP) is 2.38. The van der Waals surface area contributed by atoms with Crippen molar-refractivity contribution in [1.29, 1.82) is 0 Å². The van der Waals surface area contributed by atoms with Gasteiger partial charge >= 0.3 is 12.0 Å². The largest absolute Gasteiger partial charge is 0.451 e. The Balaban J connectivity index is 2.05. The van der Waals surface area contributed by atoms with Crippen LogP contribution < -0.4 is 10.6 Å². The number of carbonyl (C=O) groups is 3. The van der Waals surface area contributed by atoms with E-state index in [1.54, 1.807) is 25.1 Å². The summed E-state index contributed by atoms with van der Waals surface area (Å²) in [6, 6.07) is 6.43. The summed E-state index contributed by atoms with van der Waals surface area (Å²) < 4.78 is 4.90. The van der Waals surface area contributed by atoms with Gasteiger partial charge in [0.1, 0.15) is 9.88 Å². The maximum absolute atomic E-state index is 12.1. The second kappa shape index (κ2) is 7.89. The number of hydrogen-bond donors (Lipinski definition) is 2. The summed E-state index contributed by atoms with van der Waals surface area (Å²) >= 11 is 7.09. The zero-order chi connectivity index (χ0) is 17.7. The molecule has 0 bridgehead atoms. The van der Waals surface area contributed by atoms with Gasteiger partial charge in [-0.2, -0.15) is 0 Å². The second-order valence-corrected chi connectivity index (χ2v) is 6.08. The van der Waals surface area contributed by atoms with Crippen LogP contribution in [0.15, 0.2) is 24.3 Å². The van der Waals surface area contributed by atoms with Crippen molar-refractivity contribution < 1.29 is 19.1 Å². The molecule has 2 N–H and O–H groups in total. The first-order valence-electron chi connectivity index (χ1n) is 6.82. The maximum Gasteiger partial charge on any atom is 0.350 e. The van der Waals surface area contributed by atoms with Gasteiger partial charge in [-0.25, -0.2) is 14.6 Å². The van der Waals surface area contributed by atoms with Crippen LogP contribution in [0.1, 0.15) is 15.4 Å². The number of nitrogens with one attached hydrogen (secondary N) is 2. The van der Waals surface area contributed by atoms with E-state index in [1.807, 2.05) is 11.4 Å². The van der Waals surface area contributed by atoms with Crippen molar-refractivity contribution in [2.45, 2.75) is 6.92 Å². The Kier molecular flexibility index (Phi) is 5.88. The number of carbonyl (C=O) groups excluding carboxylic acids is 3. The summed E-state index contributed by atoms with van der Waals surface area (Å²) in [7, 11) is 1.37. The third-order valence-corrected chi connectivity index (χ3v) is 4.29. The van der Waals surface area contributed by atoms with Crippen LogP contribution in [0.25, 0.3) is 10.6 Å². The zero-order valence-corrected chi connectivity index (χ0v) is 14.5. The van der Waals surface area contributed by atoms with Crippen molar-refractivity contribution >= 4 is 40.8 Å². The van der Waals surface area contributed by atoms with Crippen LogP contribution in [0.2, 0.25) is 5.02 Å². The molecule has 9 heteroatoms. The van der Waals surface area contributed by atoms with Crippen LogP contribution >= 0.6 is 22.9 Å². The second-order valence-electron chi connectivity index (χ2n) is 4.65. The minimum atomic E-state index is -0.722. The summed E-state index contributed by atoms with van der Waals surface area (Å²) in [6.45, 7) is 1.11. The fourth-order valence-corrected chi connectivity index (χ4v) is 2.90. The topological polar surface area (TPSA) is 97.4 Å². The molecule has 0 radical (unpaired) electrons. The van der Waals surface area contributed by atoms with Crippen molar-refractivity contribution in [2.24, 2.45) is 0 Å². The lowest BCUT2D eigenvalue weighted by Crippen LogP contribution is -2.39. The van der Waals surface area contributed by atoms with E-state index in [-0.39, 0.29) is 4.88 Å². The third kappa shape index (κ3) is 4.53. The molecule has 0 fully saturated rings. The van der Waals surface area contributed by atoms with Crippen LogP contribution in [0.3, 0.4) is 0 Å². The molecule has 0 aliphatic rings. The number of ether oxygens (including phenoxy) is 1. The van der Waals surface area contributed by atoms with E-state index in [0.717, 1.165) is 16.9 Å². The number of imide groups is 1. The van der Waals surface area contributed by atoms with Crippen molar-refractivity contribution in [1.82, 2.24) is 15.6 Å². The molecule has 7 nitrogen and oxygen atoms in total. The molecule has 0 aliphatic carbocycles. The van der Waals surface area contributed by atoms with Crippen molar-refractivity contribution in [3.63, 3.8) is 0 Å².